The molecule has 2 heterocycles. The number of aryl methyl sites for hydroxylation is 1. The van der Waals surface area contributed by atoms with Crippen LogP contribution in [0, 0.1) is 6.92 Å². The summed E-state index contributed by atoms with van der Waals surface area (Å²) < 4.78 is 5.55. The molecule has 1 aromatic carbocycles. The van der Waals surface area contributed by atoms with Gasteiger partial charge < -0.3 is 20.3 Å². The number of hydrogen-bond acceptors (Lipinski definition) is 3. The maximum Gasteiger partial charge on any atom is 0.318 e. The normalized spacial score (nSPS) is 22.0. The molecule has 0 aromatic heterocycles. The van der Waals surface area contributed by atoms with Gasteiger partial charge in [-0.1, -0.05) is 29.8 Å². The van der Waals surface area contributed by atoms with Crippen molar-refractivity contribution in [3.8, 4) is 0 Å². The second-order valence-corrected chi connectivity index (χ2v) is 7.07. The summed E-state index contributed by atoms with van der Waals surface area (Å²) in [5.74, 6) is 0. The second kappa shape index (κ2) is 7.53. The summed E-state index contributed by atoms with van der Waals surface area (Å²) >= 11 is 0. The van der Waals surface area contributed by atoms with Gasteiger partial charge in [-0.25, -0.2) is 4.79 Å². The molecule has 1 aromatic rings. The standard InChI is InChI=1S/C19H29N3O2/c1-15-4-3-5-17(14-15)16(2)21-18(23)22-11-10-20-9-6-19(22)7-12-24-13-8-19/h3-5,14,16,20H,6-13H2,1-2H3,(H,21,23). The van der Waals surface area contributed by atoms with Gasteiger partial charge in [-0.15, -0.1) is 0 Å². The van der Waals surface area contributed by atoms with Gasteiger partial charge in [0.15, 0.2) is 0 Å². The zero-order chi connectivity index (χ0) is 17.0. The van der Waals surface area contributed by atoms with Crippen molar-refractivity contribution in [2.75, 3.05) is 32.8 Å². The maximum absolute atomic E-state index is 13.0. The highest BCUT2D eigenvalue weighted by Crippen LogP contribution is 2.32. The van der Waals surface area contributed by atoms with Crippen molar-refractivity contribution in [1.29, 1.82) is 0 Å². The molecule has 24 heavy (non-hydrogen) atoms. The Morgan fingerprint density at radius 1 is 1.29 bits per heavy atom. The summed E-state index contributed by atoms with van der Waals surface area (Å²) in [7, 11) is 0. The van der Waals surface area contributed by atoms with Crippen LogP contribution in [0.3, 0.4) is 0 Å². The minimum Gasteiger partial charge on any atom is -0.381 e. The number of benzene rings is 1. The van der Waals surface area contributed by atoms with E-state index in [1.54, 1.807) is 0 Å². The molecule has 2 N–H and O–H groups in total. The molecule has 1 unspecified atom stereocenters. The Bertz CT molecular complexity index is 569. The molecule has 2 saturated heterocycles. The first-order chi connectivity index (χ1) is 11.6. The van der Waals surface area contributed by atoms with Gasteiger partial charge in [0, 0.05) is 26.3 Å². The molecule has 0 radical (unpaired) electrons. The van der Waals surface area contributed by atoms with Gasteiger partial charge in [0.05, 0.1) is 11.6 Å². The predicted molar refractivity (Wildman–Crippen MR) is 95.1 cm³/mol. The van der Waals surface area contributed by atoms with Crippen molar-refractivity contribution in [1.82, 2.24) is 15.5 Å². The van der Waals surface area contributed by atoms with Gasteiger partial charge in [0.1, 0.15) is 0 Å². The van der Waals surface area contributed by atoms with Crippen LogP contribution in [0.25, 0.3) is 0 Å². The Morgan fingerprint density at radius 3 is 2.83 bits per heavy atom. The first-order valence-corrected chi connectivity index (χ1v) is 9.04. The van der Waals surface area contributed by atoms with E-state index in [-0.39, 0.29) is 17.6 Å². The zero-order valence-electron chi connectivity index (χ0n) is 14.8. The van der Waals surface area contributed by atoms with E-state index in [1.807, 2.05) is 6.07 Å². The molecular formula is C19H29N3O2. The van der Waals surface area contributed by atoms with Gasteiger partial charge in [0.25, 0.3) is 0 Å². The van der Waals surface area contributed by atoms with E-state index < -0.39 is 0 Å². The van der Waals surface area contributed by atoms with Gasteiger partial charge >= 0.3 is 6.03 Å². The van der Waals surface area contributed by atoms with Gasteiger partial charge in [0.2, 0.25) is 0 Å². The molecule has 0 aliphatic carbocycles. The van der Waals surface area contributed by atoms with Crippen molar-refractivity contribution in [2.45, 2.75) is 44.7 Å². The van der Waals surface area contributed by atoms with Gasteiger partial charge in [-0.3, -0.25) is 0 Å². The first kappa shape index (κ1) is 17.2. The summed E-state index contributed by atoms with van der Waals surface area (Å²) in [6, 6.07) is 8.39. The van der Waals surface area contributed by atoms with Gasteiger partial charge in [-0.2, -0.15) is 0 Å². The van der Waals surface area contributed by atoms with Crippen LogP contribution in [-0.2, 0) is 4.74 Å². The Kier molecular flexibility index (Phi) is 5.41. The van der Waals surface area contributed by atoms with Crippen molar-refractivity contribution >= 4 is 6.03 Å². The van der Waals surface area contributed by atoms with E-state index in [2.05, 4.69) is 47.6 Å². The van der Waals surface area contributed by atoms with Crippen LogP contribution in [0.15, 0.2) is 24.3 Å². The average molecular weight is 331 g/mol. The number of rotatable bonds is 2. The Morgan fingerprint density at radius 2 is 2.08 bits per heavy atom. The van der Waals surface area contributed by atoms with E-state index in [0.29, 0.717) is 0 Å². The highest BCUT2D eigenvalue weighted by molar-refractivity contribution is 5.75. The minimum atomic E-state index is -0.0574. The smallest absolute Gasteiger partial charge is 0.318 e. The number of carbonyl (C=O) groups excluding carboxylic acids is 1. The molecule has 1 atom stereocenters. The molecule has 132 valence electrons. The summed E-state index contributed by atoms with van der Waals surface area (Å²) in [4.78, 5) is 15.1. The van der Waals surface area contributed by atoms with Crippen molar-refractivity contribution in [3.05, 3.63) is 35.4 Å². The Labute approximate surface area is 144 Å². The van der Waals surface area contributed by atoms with Crippen LogP contribution in [-0.4, -0.2) is 49.3 Å². The van der Waals surface area contributed by atoms with E-state index in [9.17, 15) is 4.79 Å². The topological polar surface area (TPSA) is 53.6 Å². The summed E-state index contributed by atoms with van der Waals surface area (Å²) in [6.07, 6.45) is 2.87. The number of nitrogens with zero attached hydrogens (tertiary/aromatic N) is 1. The summed E-state index contributed by atoms with van der Waals surface area (Å²) in [6.45, 7) is 8.21. The third-order valence-electron chi connectivity index (χ3n) is 5.40. The molecule has 0 bridgehead atoms. The second-order valence-electron chi connectivity index (χ2n) is 7.07. The lowest BCUT2D eigenvalue weighted by Crippen LogP contribution is -2.58. The predicted octanol–water partition coefficient (Wildman–Crippen LogP) is 2.61. The van der Waals surface area contributed by atoms with Crippen molar-refractivity contribution < 1.29 is 9.53 Å². The van der Waals surface area contributed by atoms with E-state index in [4.69, 9.17) is 4.74 Å². The SMILES string of the molecule is Cc1cccc(C(C)NC(=O)N2CCNCCC23CCOCC3)c1. The molecule has 2 aliphatic heterocycles. The number of carbonyl (C=O) groups is 1. The molecule has 5 heteroatoms. The lowest BCUT2D eigenvalue weighted by atomic mass is 9.85. The Hall–Kier alpha value is -1.59. The number of ether oxygens (including phenoxy) is 1. The highest BCUT2D eigenvalue weighted by atomic mass is 16.5. The fourth-order valence-electron chi connectivity index (χ4n) is 3.88. The summed E-state index contributed by atoms with van der Waals surface area (Å²) in [5.41, 5.74) is 2.31. The van der Waals surface area contributed by atoms with Crippen molar-refractivity contribution in [3.63, 3.8) is 0 Å². The minimum absolute atomic E-state index is 0.00510. The van der Waals surface area contributed by atoms with Crippen LogP contribution < -0.4 is 10.6 Å². The monoisotopic (exact) mass is 331 g/mol. The lowest BCUT2D eigenvalue weighted by Gasteiger charge is -2.45. The molecular weight excluding hydrogens is 302 g/mol. The van der Waals surface area contributed by atoms with Crippen LogP contribution in [0.5, 0.6) is 0 Å². The Balaban J connectivity index is 1.73. The van der Waals surface area contributed by atoms with Gasteiger partial charge in [-0.05, 0) is 45.2 Å². The fraction of sp³-hybridized carbons (Fsp3) is 0.632. The van der Waals surface area contributed by atoms with Crippen LogP contribution >= 0.6 is 0 Å². The third-order valence-corrected chi connectivity index (χ3v) is 5.40. The van der Waals surface area contributed by atoms with E-state index in [0.717, 1.165) is 57.7 Å². The molecule has 2 fully saturated rings. The third kappa shape index (κ3) is 3.73. The quantitative estimate of drug-likeness (QED) is 0.876. The number of amides is 2. The largest absolute Gasteiger partial charge is 0.381 e. The molecule has 1 spiro atoms. The molecule has 5 nitrogen and oxygen atoms in total. The van der Waals surface area contributed by atoms with Crippen LogP contribution in [0.4, 0.5) is 4.79 Å². The molecule has 2 aliphatic rings. The number of urea groups is 1. The number of hydrogen-bond donors (Lipinski definition) is 2. The highest BCUT2D eigenvalue weighted by Gasteiger charge is 2.41. The molecule has 3 rings (SSSR count). The zero-order valence-corrected chi connectivity index (χ0v) is 14.8. The molecule has 0 saturated carbocycles. The number of nitrogens with one attached hydrogen (secondary N) is 2. The average Bonchev–Trinajstić information content (AvgIpc) is 2.78. The maximum atomic E-state index is 13.0. The first-order valence-electron chi connectivity index (χ1n) is 9.04. The van der Waals surface area contributed by atoms with Crippen LogP contribution in [0.2, 0.25) is 0 Å². The fourth-order valence-corrected chi connectivity index (χ4v) is 3.88. The summed E-state index contributed by atoms with van der Waals surface area (Å²) in [5, 5.41) is 6.64. The lowest BCUT2D eigenvalue weighted by molar-refractivity contribution is -0.00929. The van der Waals surface area contributed by atoms with E-state index >= 15 is 0 Å². The molecule has 2 amide bonds. The van der Waals surface area contributed by atoms with Crippen molar-refractivity contribution in [2.24, 2.45) is 0 Å². The van der Waals surface area contributed by atoms with E-state index in [1.165, 1.54) is 5.56 Å². The van der Waals surface area contributed by atoms with Crippen LogP contribution in [0.1, 0.15) is 43.4 Å².